The Kier molecular flexibility index (Phi) is 6.36. The second-order valence-electron chi connectivity index (χ2n) is 4.67. The molecule has 1 atom stereocenters. The average Bonchev–Trinajstić information content (AvgIpc) is 2.37. The fourth-order valence-corrected chi connectivity index (χ4v) is 1.75. The number of amides is 1. The number of benzene rings is 1. The molecule has 0 radical (unpaired) electrons. The summed E-state index contributed by atoms with van der Waals surface area (Å²) in [5.41, 5.74) is 2.22. The first-order valence-corrected chi connectivity index (χ1v) is 6.55. The van der Waals surface area contributed by atoms with Gasteiger partial charge in [-0.25, -0.2) is 0 Å². The number of hydrogen-bond donors (Lipinski definition) is 1. The lowest BCUT2D eigenvalue weighted by atomic mass is 10.1. The maximum atomic E-state index is 11.8. The van der Waals surface area contributed by atoms with Crippen LogP contribution in [0, 0.1) is 13.8 Å². The summed E-state index contributed by atoms with van der Waals surface area (Å²) in [5, 5.41) is 2.82. The van der Waals surface area contributed by atoms with Gasteiger partial charge in [0.2, 0.25) is 0 Å². The maximum absolute atomic E-state index is 11.8. The molecule has 0 aromatic heterocycles. The Morgan fingerprint density at radius 1 is 1.37 bits per heavy atom. The number of nitrogens with one attached hydrogen (secondary N) is 1. The standard InChI is InChI=1S/C15H23NO3/c1-11-6-7-14(12(2)10-11)19-13(3)15(17)16-8-5-9-18-4/h6-7,10,13H,5,8-9H2,1-4H3,(H,16,17)/t13-/m0/s1. The molecule has 4 nitrogen and oxygen atoms in total. The highest BCUT2D eigenvalue weighted by Gasteiger charge is 2.14. The van der Waals surface area contributed by atoms with Gasteiger partial charge in [0.1, 0.15) is 5.75 Å². The van der Waals surface area contributed by atoms with Gasteiger partial charge >= 0.3 is 0 Å². The highest BCUT2D eigenvalue weighted by molar-refractivity contribution is 5.80. The fourth-order valence-electron chi connectivity index (χ4n) is 1.75. The summed E-state index contributed by atoms with van der Waals surface area (Å²) in [6.07, 6.45) is 0.308. The predicted molar refractivity (Wildman–Crippen MR) is 75.5 cm³/mol. The van der Waals surface area contributed by atoms with Crippen molar-refractivity contribution in [2.75, 3.05) is 20.3 Å². The molecule has 0 unspecified atom stereocenters. The summed E-state index contributed by atoms with van der Waals surface area (Å²) in [5.74, 6) is 0.654. The lowest BCUT2D eigenvalue weighted by molar-refractivity contribution is -0.127. The van der Waals surface area contributed by atoms with Crippen molar-refractivity contribution >= 4 is 5.91 Å². The SMILES string of the molecule is COCCCNC(=O)[C@H](C)Oc1ccc(C)cc1C. The normalized spacial score (nSPS) is 12.0. The first-order chi connectivity index (χ1) is 9.04. The molecule has 0 saturated heterocycles. The molecule has 106 valence electrons. The van der Waals surface area contributed by atoms with Crippen molar-refractivity contribution in [2.24, 2.45) is 0 Å². The van der Waals surface area contributed by atoms with Crippen LogP contribution in [0.15, 0.2) is 18.2 Å². The van der Waals surface area contributed by atoms with Crippen molar-refractivity contribution in [3.63, 3.8) is 0 Å². The van der Waals surface area contributed by atoms with Crippen molar-refractivity contribution in [2.45, 2.75) is 33.3 Å². The minimum Gasteiger partial charge on any atom is -0.481 e. The Morgan fingerprint density at radius 3 is 2.74 bits per heavy atom. The van der Waals surface area contributed by atoms with Gasteiger partial charge in [0.05, 0.1) is 0 Å². The molecular formula is C15H23NO3. The van der Waals surface area contributed by atoms with Crippen LogP contribution in [0.25, 0.3) is 0 Å². The van der Waals surface area contributed by atoms with Gasteiger partial charge < -0.3 is 14.8 Å². The molecule has 0 aliphatic rings. The third-order valence-corrected chi connectivity index (χ3v) is 2.83. The van der Waals surface area contributed by atoms with E-state index in [1.807, 2.05) is 32.0 Å². The first kappa shape index (κ1) is 15.5. The number of carbonyl (C=O) groups is 1. The van der Waals surface area contributed by atoms with E-state index in [0.717, 1.165) is 17.7 Å². The summed E-state index contributed by atoms with van der Waals surface area (Å²) in [7, 11) is 1.65. The van der Waals surface area contributed by atoms with Crippen LogP contribution in [0.2, 0.25) is 0 Å². The molecule has 1 aromatic rings. The van der Waals surface area contributed by atoms with Gasteiger partial charge in [0.15, 0.2) is 6.10 Å². The Morgan fingerprint density at radius 2 is 2.11 bits per heavy atom. The number of aryl methyl sites for hydroxylation is 2. The van der Waals surface area contributed by atoms with Gasteiger partial charge in [-0.1, -0.05) is 17.7 Å². The molecule has 0 spiro atoms. The van der Waals surface area contributed by atoms with E-state index in [4.69, 9.17) is 9.47 Å². The van der Waals surface area contributed by atoms with Crippen molar-refractivity contribution in [1.82, 2.24) is 5.32 Å². The topological polar surface area (TPSA) is 47.6 Å². The summed E-state index contributed by atoms with van der Waals surface area (Å²) in [6, 6.07) is 5.92. The molecular weight excluding hydrogens is 242 g/mol. The van der Waals surface area contributed by atoms with E-state index in [1.54, 1.807) is 14.0 Å². The van der Waals surface area contributed by atoms with Crippen LogP contribution < -0.4 is 10.1 Å². The van der Waals surface area contributed by atoms with E-state index >= 15 is 0 Å². The lowest BCUT2D eigenvalue weighted by Crippen LogP contribution is -2.37. The average molecular weight is 265 g/mol. The Labute approximate surface area is 115 Å². The lowest BCUT2D eigenvalue weighted by Gasteiger charge is -2.16. The van der Waals surface area contributed by atoms with Crippen LogP contribution in [0.3, 0.4) is 0 Å². The fraction of sp³-hybridized carbons (Fsp3) is 0.533. The summed E-state index contributed by atoms with van der Waals surface area (Å²) in [4.78, 5) is 11.8. The summed E-state index contributed by atoms with van der Waals surface area (Å²) >= 11 is 0. The van der Waals surface area contributed by atoms with E-state index in [-0.39, 0.29) is 5.91 Å². The molecule has 1 amide bonds. The van der Waals surface area contributed by atoms with Gasteiger partial charge in [0.25, 0.3) is 5.91 Å². The number of methoxy groups -OCH3 is 1. The second-order valence-corrected chi connectivity index (χ2v) is 4.67. The number of ether oxygens (including phenoxy) is 2. The van der Waals surface area contributed by atoms with E-state index < -0.39 is 6.10 Å². The van der Waals surface area contributed by atoms with Crippen LogP contribution in [0.5, 0.6) is 5.75 Å². The monoisotopic (exact) mass is 265 g/mol. The summed E-state index contributed by atoms with van der Waals surface area (Å²) < 4.78 is 10.6. The Bertz CT molecular complexity index is 418. The quantitative estimate of drug-likeness (QED) is 0.769. The third kappa shape index (κ3) is 5.30. The maximum Gasteiger partial charge on any atom is 0.260 e. The highest BCUT2D eigenvalue weighted by Crippen LogP contribution is 2.19. The Hall–Kier alpha value is -1.55. The van der Waals surface area contributed by atoms with Gasteiger partial charge in [0, 0.05) is 20.3 Å². The molecule has 0 aliphatic heterocycles. The molecule has 0 aliphatic carbocycles. The van der Waals surface area contributed by atoms with Crippen LogP contribution in [0.1, 0.15) is 24.5 Å². The van der Waals surface area contributed by atoms with Crippen molar-refractivity contribution in [3.8, 4) is 5.75 Å². The molecule has 1 N–H and O–H groups in total. The minimum atomic E-state index is -0.496. The van der Waals surface area contributed by atoms with Gasteiger partial charge in [-0.2, -0.15) is 0 Å². The van der Waals surface area contributed by atoms with Crippen molar-refractivity contribution < 1.29 is 14.3 Å². The Balaban J connectivity index is 2.45. The van der Waals surface area contributed by atoms with E-state index in [9.17, 15) is 4.79 Å². The number of rotatable bonds is 7. The van der Waals surface area contributed by atoms with Crippen LogP contribution in [-0.2, 0) is 9.53 Å². The zero-order chi connectivity index (χ0) is 14.3. The molecule has 1 rings (SSSR count). The van der Waals surface area contributed by atoms with Crippen LogP contribution in [0.4, 0.5) is 0 Å². The largest absolute Gasteiger partial charge is 0.481 e. The molecule has 0 fully saturated rings. The van der Waals surface area contributed by atoms with E-state index in [0.29, 0.717) is 13.2 Å². The number of hydrogen-bond acceptors (Lipinski definition) is 3. The molecule has 0 bridgehead atoms. The van der Waals surface area contributed by atoms with Gasteiger partial charge in [-0.05, 0) is 38.8 Å². The van der Waals surface area contributed by atoms with E-state index in [1.165, 1.54) is 5.56 Å². The number of carbonyl (C=O) groups excluding carboxylic acids is 1. The molecule has 1 aromatic carbocycles. The van der Waals surface area contributed by atoms with Gasteiger partial charge in [-0.3, -0.25) is 4.79 Å². The molecule has 19 heavy (non-hydrogen) atoms. The summed E-state index contributed by atoms with van der Waals surface area (Å²) in [6.45, 7) is 7.01. The highest BCUT2D eigenvalue weighted by atomic mass is 16.5. The predicted octanol–water partition coefficient (Wildman–Crippen LogP) is 2.22. The first-order valence-electron chi connectivity index (χ1n) is 6.55. The smallest absolute Gasteiger partial charge is 0.260 e. The molecule has 0 heterocycles. The minimum absolute atomic E-state index is 0.101. The third-order valence-electron chi connectivity index (χ3n) is 2.83. The zero-order valence-corrected chi connectivity index (χ0v) is 12.2. The van der Waals surface area contributed by atoms with Crippen molar-refractivity contribution in [3.05, 3.63) is 29.3 Å². The van der Waals surface area contributed by atoms with Gasteiger partial charge in [-0.15, -0.1) is 0 Å². The van der Waals surface area contributed by atoms with Crippen LogP contribution in [-0.4, -0.2) is 32.3 Å². The molecule has 4 heteroatoms. The zero-order valence-electron chi connectivity index (χ0n) is 12.2. The molecule has 0 saturated carbocycles. The van der Waals surface area contributed by atoms with Crippen molar-refractivity contribution in [1.29, 1.82) is 0 Å². The second kappa shape index (κ2) is 7.79. The van der Waals surface area contributed by atoms with E-state index in [2.05, 4.69) is 5.32 Å². The van der Waals surface area contributed by atoms with Crippen LogP contribution >= 0.6 is 0 Å².